The van der Waals surface area contributed by atoms with E-state index in [2.05, 4.69) is 69.0 Å². The van der Waals surface area contributed by atoms with Crippen molar-refractivity contribution in [3.8, 4) is 0 Å². The summed E-state index contributed by atoms with van der Waals surface area (Å²) in [6, 6.07) is 9.32. The van der Waals surface area contributed by atoms with Crippen LogP contribution in [-0.2, 0) is 19.4 Å². The number of guanidine groups is 1. The second-order valence-corrected chi connectivity index (χ2v) is 8.85. The highest BCUT2D eigenvalue weighted by molar-refractivity contribution is 7.09. The van der Waals surface area contributed by atoms with Crippen LogP contribution < -0.4 is 10.6 Å². The van der Waals surface area contributed by atoms with Gasteiger partial charge in [-0.05, 0) is 30.4 Å². The van der Waals surface area contributed by atoms with Crippen LogP contribution >= 0.6 is 11.3 Å². The number of nitrogens with one attached hydrogen (secondary N) is 2. The normalized spacial score (nSPS) is 16.1. The molecule has 2 heterocycles. The molecule has 0 fully saturated rings. The first-order chi connectivity index (χ1) is 13.6. The van der Waals surface area contributed by atoms with Gasteiger partial charge in [-0.3, -0.25) is 9.89 Å². The Kier molecular flexibility index (Phi) is 7.45. The van der Waals surface area contributed by atoms with E-state index in [9.17, 15) is 0 Å². The second kappa shape index (κ2) is 10.0. The molecular formula is C22H33N5S. The molecule has 1 aliphatic heterocycles. The van der Waals surface area contributed by atoms with Crippen molar-refractivity contribution in [3.63, 3.8) is 0 Å². The minimum atomic E-state index is 0.480. The van der Waals surface area contributed by atoms with Crippen LogP contribution in [0.15, 0.2) is 34.6 Å². The number of aromatic nitrogens is 1. The van der Waals surface area contributed by atoms with E-state index in [0.717, 1.165) is 55.7 Å². The number of fused-ring (bicyclic) bond motifs is 1. The number of hydrogen-bond donors (Lipinski definition) is 2. The van der Waals surface area contributed by atoms with Crippen molar-refractivity contribution in [1.82, 2.24) is 20.5 Å². The van der Waals surface area contributed by atoms with Crippen LogP contribution in [0.2, 0.25) is 0 Å². The topological polar surface area (TPSA) is 52.6 Å². The first-order valence-corrected chi connectivity index (χ1v) is 11.1. The highest BCUT2D eigenvalue weighted by Crippen LogP contribution is 2.22. The van der Waals surface area contributed by atoms with E-state index in [1.807, 2.05) is 14.0 Å². The van der Waals surface area contributed by atoms with E-state index in [1.54, 1.807) is 11.3 Å². The molecule has 0 saturated heterocycles. The minimum absolute atomic E-state index is 0.480. The maximum atomic E-state index is 4.52. The third-order valence-electron chi connectivity index (χ3n) is 5.44. The minimum Gasteiger partial charge on any atom is -0.356 e. The monoisotopic (exact) mass is 399 g/mol. The van der Waals surface area contributed by atoms with E-state index < -0.39 is 0 Å². The molecule has 0 bridgehead atoms. The van der Waals surface area contributed by atoms with Crippen molar-refractivity contribution in [1.29, 1.82) is 0 Å². The predicted octanol–water partition coefficient (Wildman–Crippen LogP) is 3.24. The Morgan fingerprint density at radius 2 is 2.04 bits per heavy atom. The van der Waals surface area contributed by atoms with Crippen molar-refractivity contribution in [2.24, 2.45) is 10.9 Å². The molecule has 1 aromatic carbocycles. The summed E-state index contributed by atoms with van der Waals surface area (Å²) in [5.74, 6) is 1.45. The lowest BCUT2D eigenvalue weighted by Crippen LogP contribution is -2.50. The van der Waals surface area contributed by atoms with Gasteiger partial charge in [-0.2, -0.15) is 0 Å². The number of nitrogens with zero attached hydrogens (tertiary/aromatic N) is 3. The zero-order valence-corrected chi connectivity index (χ0v) is 18.4. The van der Waals surface area contributed by atoms with Crippen LogP contribution in [0.25, 0.3) is 0 Å². The summed E-state index contributed by atoms with van der Waals surface area (Å²) in [7, 11) is 1.84. The van der Waals surface area contributed by atoms with Crippen LogP contribution in [-0.4, -0.2) is 48.6 Å². The average molecular weight is 400 g/mol. The van der Waals surface area contributed by atoms with E-state index in [1.165, 1.54) is 11.1 Å². The van der Waals surface area contributed by atoms with Gasteiger partial charge in [-0.25, -0.2) is 4.98 Å². The summed E-state index contributed by atoms with van der Waals surface area (Å²) >= 11 is 1.71. The molecule has 28 heavy (non-hydrogen) atoms. The summed E-state index contributed by atoms with van der Waals surface area (Å²) in [6.45, 7) is 10.6. The fourth-order valence-electron chi connectivity index (χ4n) is 3.84. The van der Waals surface area contributed by atoms with Crippen molar-refractivity contribution >= 4 is 17.3 Å². The molecule has 0 aliphatic carbocycles. The molecular weight excluding hydrogens is 366 g/mol. The fraction of sp³-hybridized carbons (Fsp3) is 0.545. The van der Waals surface area contributed by atoms with Crippen LogP contribution in [0.5, 0.6) is 0 Å². The molecule has 0 radical (unpaired) electrons. The van der Waals surface area contributed by atoms with Crippen molar-refractivity contribution in [2.75, 3.05) is 26.7 Å². The number of hydrogen-bond acceptors (Lipinski definition) is 4. The Labute approximate surface area is 173 Å². The van der Waals surface area contributed by atoms with Crippen LogP contribution in [0.3, 0.4) is 0 Å². The van der Waals surface area contributed by atoms with Gasteiger partial charge in [0.2, 0.25) is 0 Å². The second-order valence-electron chi connectivity index (χ2n) is 7.79. The van der Waals surface area contributed by atoms with Gasteiger partial charge in [-0.15, -0.1) is 11.3 Å². The van der Waals surface area contributed by atoms with Crippen molar-refractivity contribution in [3.05, 3.63) is 51.5 Å². The van der Waals surface area contributed by atoms with Gasteiger partial charge in [-0.1, -0.05) is 38.1 Å². The summed E-state index contributed by atoms with van der Waals surface area (Å²) in [5, 5.41) is 10.2. The number of benzene rings is 1. The smallest absolute Gasteiger partial charge is 0.191 e. The molecule has 1 aromatic heterocycles. The quantitative estimate of drug-likeness (QED) is 0.554. The van der Waals surface area contributed by atoms with E-state index in [4.69, 9.17) is 0 Å². The van der Waals surface area contributed by atoms with Gasteiger partial charge < -0.3 is 10.6 Å². The third kappa shape index (κ3) is 5.55. The summed E-state index contributed by atoms with van der Waals surface area (Å²) in [5.41, 5.74) is 4.13. The molecule has 6 heteroatoms. The molecule has 0 amide bonds. The Morgan fingerprint density at radius 1 is 1.25 bits per heavy atom. The lowest BCUT2D eigenvalue weighted by molar-refractivity contribution is 0.140. The molecule has 0 saturated carbocycles. The SMILES string of the molecule is CN=C(NCCc1csc(C)n1)NCC(C(C)C)N1CCc2ccccc2C1. The van der Waals surface area contributed by atoms with Crippen LogP contribution in [0.1, 0.15) is 35.7 Å². The van der Waals surface area contributed by atoms with Crippen LogP contribution in [0.4, 0.5) is 0 Å². The largest absolute Gasteiger partial charge is 0.356 e. The van der Waals surface area contributed by atoms with E-state index in [-0.39, 0.29) is 0 Å². The average Bonchev–Trinajstić information content (AvgIpc) is 3.11. The summed E-state index contributed by atoms with van der Waals surface area (Å²) in [6.07, 6.45) is 2.06. The standard InChI is InChI=1S/C22H33N5S/c1-16(2)21(27-12-10-18-7-5-6-8-19(18)14-27)13-25-22(23-4)24-11-9-20-15-28-17(3)26-20/h5-8,15-16,21H,9-14H2,1-4H3,(H2,23,24,25). The maximum Gasteiger partial charge on any atom is 0.191 e. The molecule has 5 nitrogen and oxygen atoms in total. The Morgan fingerprint density at radius 3 is 2.71 bits per heavy atom. The Bertz CT molecular complexity index is 783. The molecule has 0 spiro atoms. The highest BCUT2D eigenvalue weighted by Gasteiger charge is 2.25. The van der Waals surface area contributed by atoms with Gasteiger partial charge in [0.25, 0.3) is 0 Å². The highest BCUT2D eigenvalue weighted by atomic mass is 32.1. The third-order valence-corrected chi connectivity index (χ3v) is 6.26. The first kappa shape index (κ1) is 20.8. The lowest BCUT2D eigenvalue weighted by Gasteiger charge is -2.38. The van der Waals surface area contributed by atoms with Gasteiger partial charge in [0.15, 0.2) is 5.96 Å². The fourth-order valence-corrected chi connectivity index (χ4v) is 4.49. The van der Waals surface area contributed by atoms with Crippen LogP contribution in [0, 0.1) is 12.8 Å². The molecule has 3 rings (SSSR count). The maximum absolute atomic E-state index is 4.52. The van der Waals surface area contributed by atoms with Gasteiger partial charge >= 0.3 is 0 Å². The molecule has 2 aromatic rings. The van der Waals surface area contributed by atoms with Gasteiger partial charge in [0.1, 0.15) is 0 Å². The number of aliphatic imine (C=N–C) groups is 1. The van der Waals surface area contributed by atoms with Gasteiger partial charge in [0, 0.05) is 51.1 Å². The molecule has 2 N–H and O–H groups in total. The Balaban J connectivity index is 1.51. The predicted molar refractivity (Wildman–Crippen MR) is 119 cm³/mol. The molecule has 1 aliphatic rings. The molecule has 1 atom stereocenters. The Hall–Kier alpha value is -1.92. The van der Waals surface area contributed by atoms with E-state index >= 15 is 0 Å². The number of aryl methyl sites for hydroxylation is 1. The van der Waals surface area contributed by atoms with Crippen molar-refractivity contribution in [2.45, 2.75) is 46.2 Å². The number of rotatable bonds is 7. The van der Waals surface area contributed by atoms with Gasteiger partial charge in [0.05, 0.1) is 10.7 Å². The van der Waals surface area contributed by atoms with Crippen molar-refractivity contribution < 1.29 is 0 Å². The lowest BCUT2D eigenvalue weighted by atomic mass is 9.95. The molecule has 1 unspecified atom stereocenters. The summed E-state index contributed by atoms with van der Waals surface area (Å²) < 4.78 is 0. The number of thiazole rings is 1. The zero-order chi connectivity index (χ0) is 19.9. The molecule has 152 valence electrons. The zero-order valence-electron chi connectivity index (χ0n) is 17.5. The van der Waals surface area contributed by atoms with E-state index in [0.29, 0.717) is 12.0 Å². The first-order valence-electron chi connectivity index (χ1n) is 10.2. The summed E-state index contributed by atoms with van der Waals surface area (Å²) in [4.78, 5) is 11.5.